The molecule has 3 heterocycles. The number of pyridine rings is 2. The fraction of sp³-hybridized carbons (Fsp3) is 0.300. The Morgan fingerprint density at radius 3 is 2.22 bits per heavy atom. The van der Waals surface area contributed by atoms with Crippen molar-refractivity contribution in [3.8, 4) is 22.5 Å². The van der Waals surface area contributed by atoms with Crippen LogP contribution in [0.2, 0.25) is 17.3 Å². The van der Waals surface area contributed by atoms with Gasteiger partial charge in [-0.25, -0.2) is 4.39 Å². The van der Waals surface area contributed by atoms with Gasteiger partial charge >= 0.3 is 132 Å². The average Bonchev–Trinajstić information content (AvgIpc) is 3.34. The van der Waals surface area contributed by atoms with E-state index in [1.165, 1.54) is 27.7 Å². The minimum Gasteiger partial charge on any atom is -0.500 e. The van der Waals surface area contributed by atoms with E-state index < -0.39 is 13.3 Å². The van der Waals surface area contributed by atoms with Crippen LogP contribution in [0.3, 0.4) is 0 Å². The van der Waals surface area contributed by atoms with Crippen LogP contribution in [0, 0.1) is 23.4 Å². The van der Waals surface area contributed by atoms with Crippen molar-refractivity contribution in [3.63, 3.8) is 0 Å². The van der Waals surface area contributed by atoms with E-state index in [4.69, 9.17) is 9.40 Å². The number of halogens is 1. The Labute approximate surface area is 289 Å². The molecule has 0 saturated carbocycles. The molecular formula is C40H43FGeIrN2O-2. The van der Waals surface area contributed by atoms with Crippen LogP contribution in [-0.2, 0) is 31.9 Å². The number of benzene rings is 3. The van der Waals surface area contributed by atoms with Gasteiger partial charge in [-0.1, -0.05) is 37.8 Å². The van der Waals surface area contributed by atoms with Crippen LogP contribution in [0.4, 0.5) is 4.39 Å². The minimum absolute atomic E-state index is 0. The molecule has 6 heteroatoms. The van der Waals surface area contributed by atoms with Gasteiger partial charge in [-0.2, -0.15) is 0 Å². The van der Waals surface area contributed by atoms with Crippen molar-refractivity contribution < 1.29 is 28.9 Å². The summed E-state index contributed by atoms with van der Waals surface area (Å²) in [4.78, 5) is 9.22. The van der Waals surface area contributed by atoms with Crippen molar-refractivity contribution in [1.82, 2.24) is 9.97 Å². The zero-order valence-corrected chi connectivity index (χ0v) is 32.8. The summed E-state index contributed by atoms with van der Waals surface area (Å²) >= 11 is -1.90. The number of hydrogen-bond acceptors (Lipinski definition) is 3. The molecule has 0 saturated heterocycles. The first-order valence-corrected chi connectivity index (χ1v) is 22.9. The molecule has 0 unspecified atom stereocenters. The number of aromatic nitrogens is 2. The van der Waals surface area contributed by atoms with E-state index >= 15 is 0 Å². The molecule has 6 rings (SSSR count). The van der Waals surface area contributed by atoms with Crippen molar-refractivity contribution in [2.75, 3.05) is 0 Å². The molecule has 241 valence electrons. The van der Waals surface area contributed by atoms with Gasteiger partial charge in [0.2, 0.25) is 0 Å². The molecule has 0 aliphatic heterocycles. The molecular weight excluding hydrogens is 808 g/mol. The predicted octanol–water partition coefficient (Wildman–Crippen LogP) is 10.6. The standard InChI is InChI=1S/C21H17FNO.C19H26GeN.Ir/c1-21(2,3)13-9-10-23-18(11-13)17-6-4-5-16-15-8-7-14(22)12-19(15)24-20(16)17;1-19(2,3)13-16-12-18(15-10-8-7-9-11-15)21-14-17(16)20(4,5)6;/h4-5,7-12H,1-3H3;7-10,12,14H,13H2,1-6H3;/q2*-1;. The van der Waals surface area contributed by atoms with E-state index in [0.717, 1.165) is 39.7 Å². The summed E-state index contributed by atoms with van der Waals surface area (Å²) < 4.78 is 21.0. The Balaban J connectivity index is 0.000000207. The topological polar surface area (TPSA) is 38.9 Å². The maximum Gasteiger partial charge on any atom is 0.126 e. The van der Waals surface area contributed by atoms with Crippen molar-refractivity contribution in [1.29, 1.82) is 0 Å². The third kappa shape index (κ3) is 8.42. The second kappa shape index (κ2) is 13.9. The van der Waals surface area contributed by atoms with Crippen LogP contribution in [0.25, 0.3) is 44.5 Å². The molecule has 0 bridgehead atoms. The van der Waals surface area contributed by atoms with Crippen LogP contribution in [0.15, 0.2) is 89.6 Å². The van der Waals surface area contributed by atoms with E-state index in [9.17, 15) is 4.39 Å². The molecule has 0 amide bonds. The minimum atomic E-state index is -1.90. The Morgan fingerprint density at radius 1 is 0.804 bits per heavy atom. The Hall–Kier alpha value is -3.12. The van der Waals surface area contributed by atoms with Gasteiger partial charge in [0.25, 0.3) is 0 Å². The maximum atomic E-state index is 13.5. The van der Waals surface area contributed by atoms with E-state index in [1.54, 1.807) is 6.07 Å². The van der Waals surface area contributed by atoms with Crippen molar-refractivity contribution in [2.45, 2.75) is 70.6 Å². The predicted molar refractivity (Wildman–Crippen MR) is 189 cm³/mol. The van der Waals surface area contributed by atoms with Gasteiger partial charge in [-0.15, -0.1) is 18.2 Å². The molecule has 0 N–H and O–H groups in total. The normalized spacial score (nSPS) is 12.0. The molecule has 46 heavy (non-hydrogen) atoms. The molecule has 3 nitrogen and oxygen atoms in total. The van der Waals surface area contributed by atoms with Crippen molar-refractivity contribution >= 4 is 39.6 Å². The Morgan fingerprint density at radius 2 is 1.57 bits per heavy atom. The van der Waals surface area contributed by atoms with E-state index in [2.05, 4.69) is 100 Å². The van der Waals surface area contributed by atoms with Crippen LogP contribution in [0.5, 0.6) is 0 Å². The Bertz CT molecular complexity index is 1950. The Kier molecular flexibility index (Phi) is 10.8. The fourth-order valence-electron chi connectivity index (χ4n) is 5.53. The maximum absolute atomic E-state index is 13.5. The van der Waals surface area contributed by atoms with Gasteiger partial charge in [-0.3, -0.25) is 0 Å². The second-order valence-corrected chi connectivity index (χ2v) is 25.6. The first-order valence-electron chi connectivity index (χ1n) is 15.6. The van der Waals surface area contributed by atoms with Crippen molar-refractivity contribution in [3.05, 3.63) is 114 Å². The molecule has 3 aromatic carbocycles. The average molecular weight is 852 g/mol. The summed E-state index contributed by atoms with van der Waals surface area (Å²) in [5.41, 5.74) is 7.98. The molecule has 0 atom stereocenters. The monoisotopic (exact) mass is 853 g/mol. The molecule has 0 fully saturated rings. The number of rotatable bonds is 4. The molecule has 0 aliphatic rings. The number of hydrogen-bond donors (Lipinski definition) is 0. The zero-order chi connectivity index (χ0) is 32.6. The fourth-order valence-corrected chi connectivity index (χ4v) is 8.84. The van der Waals surface area contributed by atoms with Crippen LogP contribution < -0.4 is 4.40 Å². The number of furan rings is 1. The van der Waals surface area contributed by atoms with E-state index in [-0.39, 0.29) is 31.3 Å². The first-order chi connectivity index (χ1) is 21.1. The quantitative estimate of drug-likeness (QED) is 0.131. The van der Waals surface area contributed by atoms with Gasteiger partial charge in [0.1, 0.15) is 11.4 Å². The van der Waals surface area contributed by atoms with Crippen molar-refractivity contribution in [2.24, 2.45) is 5.41 Å². The SMILES string of the molecule is CC(C)(C)Cc1cc(-c2[c-]cccc2)nc[c]1[Ge]([CH3])([CH3])[CH3].CC(C)(C)c1ccnc(-c2[c-]ccc3c2oc2cc(F)ccc23)c1.[Ir]. The molecule has 0 spiro atoms. The molecule has 0 aliphatic carbocycles. The molecule has 1 radical (unpaired) electrons. The largest absolute Gasteiger partial charge is 0.500 e. The van der Waals surface area contributed by atoms with Gasteiger partial charge in [-0.05, 0) is 34.9 Å². The third-order valence-electron chi connectivity index (χ3n) is 7.78. The van der Waals surface area contributed by atoms with E-state index in [1.807, 2.05) is 42.6 Å². The summed E-state index contributed by atoms with van der Waals surface area (Å²) in [5, 5.41) is 1.84. The third-order valence-corrected chi connectivity index (χ3v) is 12.1. The van der Waals surface area contributed by atoms with Gasteiger partial charge < -0.3 is 9.40 Å². The second-order valence-electron chi connectivity index (χ2n) is 15.0. The molecule has 6 aromatic rings. The van der Waals surface area contributed by atoms with Crippen LogP contribution in [-0.4, -0.2) is 23.2 Å². The smallest absolute Gasteiger partial charge is 0.126 e. The summed E-state index contributed by atoms with van der Waals surface area (Å²) in [6.45, 7) is 13.4. The summed E-state index contributed by atoms with van der Waals surface area (Å²) in [6, 6.07) is 29.4. The van der Waals surface area contributed by atoms with E-state index in [0.29, 0.717) is 16.6 Å². The van der Waals surface area contributed by atoms with Gasteiger partial charge in [0.05, 0.1) is 5.58 Å². The number of fused-ring (bicyclic) bond motifs is 3. The van der Waals surface area contributed by atoms with Crippen LogP contribution in [0.1, 0.15) is 52.7 Å². The summed E-state index contributed by atoms with van der Waals surface area (Å²) in [7, 11) is 0. The van der Waals surface area contributed by atoms with Crippen LogP contribution >= 0.6 is 0 Å². The summed E-state index contributed by atoms with van der Waals surface area (Å²) in [6.07, 6.45) is 5.05. The number of nitrogens with zero attached hydrogens (tertiary/aromatic N) is 2. The van der Waals surface area contributed by atoms with Gasteiger partial charge in [0, 0.05) is 37.8 Å². The molecule has 3 aromatic heterocycles. The summed E-state index contributed by atoms with van der Waals surface area (Å²) in [5.74, 6) is 7.02. The van der Waals surface area contributed by atoms with Gasteiger partial charge in [0.15, 0.2) is 0 Å². The zero-order valence-electron chi connectivity index (χ0n) is 28.3. The first kappa shape index (κ1) is 35.7.